The number of aromatic hydroxyl groups is 1. The van der Waals surface area contributed by atoms with Crippen molar-refractivity contribution >= 4 is 50.9 Å². The Morgan fingerprint density at radius 3 is 2.50 bits per heavy atom. The highest BCUT2D eigenvalue weighted by atomic mass is 79.9. The van der Waals surface area contributed by atoms with Gasteiger partial charge in [0, 0.05) is 36.8 Å². The second-order valence-electron chi connectivity index (χ2n) is 5.40. The van der Waals surface area contributed by atoms with Gasteiger partial charge >= 0.3 is 0 Å². The summed E-state index contributed by atoms with van der Waals surface area (Å²) in [4.78, 5) is 20.6. The molecule has 1 aromatic heterocycles. The van der Waals surface area contributed by atoms with E-state index in [0.29, 0.717) is 47.6 Å². The lowest BCUT2D eigenvalue weighted by molar-refractivity contribution is 0.0743. The quantitative estimate of drug-likeness (QED) is 0.786. The van der Waals surface area contributed by atoms with Gasteiger partial charge in [-0.25, -0.2) is 4.98 Å². The second kappa shape index (κ2) is 7.17. The molecule has 126 valence electrons. The molecule has 0 atom stereocenters. The number of pyridine rings is 1. The summed E-state index contributed by atoms with van der Waals surface area (Å²) in [5.41, 5.74) is 0.300. The molecule has 0 unspecified atom stereocenters. The topological polar surface area (TPSA) is 56.7 Å². The van der Waals surface area contributed by atoms with Crippen LogP contribution < -0.4 is 4.90 Å². The predicted molar refractivity (Wildman–Crippen MR) is 98.2 cm³/mol. The fraction of sp³-hybridized carbons (Fsp3) is 0.250. The molecule has 2 heterocycles. The van der Waals surface area contributed by atoms with E-state index in [1.54, 1.807) is 29.3 Å². The zero-order valence-corrected chi connectivity index (χ0v) is 15.6. The third-order valence-corrected chi connectivity index (χ3v) is 4.82. The van der Waals surface area contributed by atoms with Gasteiger partial charge in [-0.05, 0) is 24.3 Å². The number of phenols is 1. The Hall–Kier alpha value is -1.50. The van der Waals surface area contributed by atoms with Crippen LogP contribution in [0.1, 0.15) is 10.4 Å². The third-order valence-electron chi connectivity index (χ3n) is 3.84. The number of anilines is 1. The van der Waals surface area contributed by atoms with Gasteiger partial charge in [0.25, 0.3) is 5.91 Å². The first-order valence-electron chi connectivity index (χ1n) is 7.29. The first-order chi connectivity index (χ1) is 11.5. The Bertz CT molecular complexity index is 780. The lowest BCUT2D eigenvalue weighted by atomic mass is 10.1. The van der Waals surface area contributed by atoms with E-state index >= 15 is 0 Å². The Morgan fingerprint density at radius 2 is 1.88 bits per heavy atom. The number of hydrogen-bond acceptors (Lipinski definition) is 4. The third kappa shape index (κ3) is 3.61. The molecule has 0 aliphatic carbocycles. The number of phenolic OH excluding ortho intramolecular Hbond substituents is 1. The molecule has 1 fully saturated rings. The maximum Gasteiger partial charge on any atom is 0.257 e. The van der Waals surface area contributed by atoms with Gasteiger partial charge in [-0.3, -0.25) is 4.79 Å². The average Bonchev–Trinajstić information content (AvgIpc) is 2.54. The SMILES string of the molecule is O=C(c1ccc(Br)cc1O)N1CCN(c2ncc(Cl)cc2Cl)CC1. The number of aromatic nitrogens is 1. The van der Waals surface area contributed by atoms with Gasteiger partial charge in [0.2, 0.25) is 0 Å². The van der Waals surface area contributed by atoms with Crippen molar-refractivity contribution in [2.24, 2.45) is 0 Å². The fourth-order valence-corrected chi connectivity index (χ4v) is 3.47. The largest absolute Gasteiger partial charge is 0.507 e. The lowest BCUT2D eigenvalue weighted by Gasteiger charge is -2.35. The molecule has 1 aliphatic rings. The summed E-state index contributed by atoms with van der Waals surface area (Å²) >= 11 is 15.3. The van der Waals surface area contributed by atoms with Crippen LogP contribution in [-0.2, 0) is 0 Å². The fourth-order valence-electron chi connectivity index (χ4n) is 2.62. The van der Waals surface area contributed by atoms with Gasteiger partial charge in [0.1, 0.15) is 11.6 Å². The van der Waals surface area contributed by atoms with Crippen LogP contribution in [-0.4, -0.2) is 47.1 Å². The van der Waals surface area contributed by atoms with Crippen LogP contribution in [0.4, 0.5) is 5.82 Å². The van der Waals surface area contributed by atoms with Crippen molar-refractivity contribution in [3.8, 4) is 5.75 Å². The molecule has 0 bridgehead atoms. The Balaban J connectivity index is 1.69. The number of hydrogen-bond donors (Lipinski definition) is 1. The normalized spacial score (nSPS) is 14.8. The van der Waals surface area contributed by atoms with Gasteiger partial charge < -0.3 is 14.9 Å². The molecule has 0 radical (unpaired) electrons. The molecule has 1 amide bonds. The van der Waals surface area contributed by atoms with Crippen LogP contribution in [0.2, 0.25) is 10.0 Å². The standard InChI is InChI=1S/C16H14BrCl2N3O2/c17-10-1-2-12(14(23)7-10)16(24)22-5-3-21(4-6-22)15-13(19)8-11(18)9-20-15/h1-2,7-9,23H,3-6H2. The molecule has 24 heavy (non-hydrogen) atoms. The van der Waals surface area contributed by atoms with Crippen LogP contribution in [0.5, 0.6) is 5.75 Å². The summed E-state index contributed by atoms with van der Waals surface area (Å²) < 4.78 is 0.727. The summed E-state index contributed by atoms with van der Waals surface area (Å²) in [6.07, 6.45) is 1.56. The van der Waals surface area contributed by atoms with Gasteiger partial charge in [-0.2, -0.15) is 0 Å². The molecule has 5 nitrogen and oxygen atoms in total. The highest BCUT2D eigenvalue weighted by Gasteiger charge is 2.25. The predicted octanol–water partition coefficient (Wildman–Crippen LogP) is 3.82. The van der Waals surface area contributed by atoms with Crippen LogP contribution in [0, 0.1) is 0 Å². The lowest BCUT2D eigenvalue weighted by Crippen LogP contribution is -2.49. The number of rotatable bonds is 2. The van der Waals surface area contributed by atoms with Crippen LogP contribution in [0.15, 0.2) is 34.9 Å². The van der Waals surface area contributed by atoms with Crippen molar-refractivity contribution in [1.82, 2.24) is 9.88 Å². The first-order valence-corrected chi connectivity index (χ1v) is 8.84. The maximum absolute atomic E-state index is 12.6. The Morgan fingerprint density at radius 1 is 1.17 bits per heavy atom. The van der Waals surface area contributed by atoms with Crippen molar-refractivity contribution in [1.29, 1.82) is 0 Å². The van der Waals surface area contributed by atoms with E-state index in [1.807, 2.05) is 4.90 Å². The molecule has 0 spiro atoms. The summed E-state index contributed by atoms with van der Waals surface area (Å²) in [7, 11) is 0. The molecule has 0 saturated carbocycles. The van der Waals surface area contributed by atoms with Crippen LogP contribution in [0.25, 0.3) is 0 Å². The molecule has 3 rings (SSSR count). The maximum atomic E-state index is 12.6. The van der Waals surface area contributed by atoms with Crippen molar-refractivity contribution in [2.75, 3.05) is 31.1 Å². The highest BCUT2D eigenvalue weighted by Crippen LogP contribution is 2.28. The van der Waals surface area contributed by atoms with Gasteiger partial charge in [-0.15, -0.1) is 0 Å². The highest BCUT2D eigenvalue weighted by molar-refractivity contribution is 9.10. The molecule has 2 aromatic rings. The van der Waals surface area contributed by atoms with Crippen LogP contribution >= 0.6 is 39.1 Å². The first kappa shape index (κ1) is 17.3. The van der Waals surface area contributed by atoms with E-state index in [2.05, 4.69) is 20.9 Å². The second-order valence-corrected chi connectivity index (χ2v) is 7.16. The smallest absolute Gasteiger partial charge is 0.257 e. The molecular weight excluding hydrogens is 417 g/mol. The van der Waals surface area contributed by atoms with Crippen molar-refractivity contribution < 1.29 is 9.90 Å². The number of carbonyl (C=O) groups is 1. The molecule has 8 heteroatoms. The van der Waals surface area contributed by atoms with Gasteiger partial charge in [0.15, 0.2) is 0 Å². The molecule has 1 aliphatic heterocycles. The number of nitrogens with zero attached hydrogens (tertiary/aromatic N) is 3. The monoisotopic (exact) mass is 429 g/mol. The minimum absolute atomic E-state index is 0.0285. The van der Waals surface area contributed by atoms with Crippen molar-refractivity contribution in [3.63, 3.8) is 0 Å². The van der Waals surface area contributed by atoms with E-state index in [-0.39, 0.29) is 11.7 Å². The van der Waals surface area contributed by atoms with Crippen molar-refractivity contribution in [2.45, 2.75) is 0 Å². The van der Waals surface area contributed by atoms with Crippen molar-refractivity contribution in [3.05, 3.63) is 50.5 Å². The zero-order chi connectivity index (χ0) is 17.3. The Kier molecular flexibility index (Phi) is 5.18. The molecule has 1 N–H and O–H groups in total. The average molecular weight is 431 g/mol. The number of benzene rings is 1. The van der Waals surface area contributed by atoms with E-state index in [1.165, 1.54) is 6.07 Å². The molecule has 1 saturated heterocycles. The van der Waals surface area contributed by atoms with E-state index in [0.717, 1.165) is 4.47 Å². The number of halogens is 3. The summed E-state index contributed by atoms with van der Waals surface area (Å²) in [5.74, 6) is 0.452. The summed E-state index contributed by atoms with van der Waals surface area (Å²) in [5, 5.41) is 10.9. The minimum atomic E-state index is -0.185. The molecular formula is C16H14BrCl2N3O2. The minimum Gasteiger partial charge on any atom is -0.507 e. The molecule has 1 aromatic carbocycles. The van der Waals surface area contributed by atoms with Crippen LogP contribution in [0.3, 0.4) is 0 Å². The number of amides is 1. The number of piperazine rings is 1. The number of carbonyl (C=O) groups excluding carboxylic acids is 1. The summed E-state index contributed by atoms with van der Waals surface area (Å²) in [6.45, 7) is 2.26. The van der Waals surface area contributed by atoms with E-state index < -0.39 is 0 Å². The Labute approximate surface area is 157 Å². The van der Waals surface area contributed by atoms with Gasteiger partial charge in [0.05, 0.1) is 15.6 Å². The van der Waals surface area contributed by atoms with E-state index in [9.17, 15) is 9.90 Å². The summed E-state index contributed by atoms with van der Waals surface area (Å²) in [6, 6.07) is 6.52. The zero-order valence-electron chi connectivity index (χ0n) is 12.5. The van der Waals surface area contributed by atoms with E-state index in [4.69, 9.17) is 23.2 Å². The van der Waals surface area contributed by atoms with Gasteiger partial charge in [-0.1, -0.05) is 39.1 Å².